The molecule has 0 radical (unpaired) electrons. The van der Waals surface area contributed by atoms with E-state index in [4.69, 9.17) is 0 Å². The summed E-state index contributed by atoms with van der Waals surface area (Å²) in [6.45, 7) is 0.729. The summed E-state index contributed by atoms with van der Waals surface area (Å²) in [4.78, 5) is 30.7. The Balaban J connectivity index is 1.50. The summed E-state index contributed by atoms with van der Waals surface area (Å²) in [5, 5.41) is 2.92. The van der Waals surface area contributed by atoms with E-state index in [9.17, 15) is 14.0 Å². The van der Waals surface area contributed by atoms with E-state index < -0.39 is 11.9 Å². The number of aryl methyl sites for hydroxylation is 1. The Morgan fingerprint density at radius 3 is 2.60 bits per heavy atom. The number of anilines is 1. The molecule has 0 aliphatic carbocycles. The number of nitrogens with one attached hydrogen (secondary N) is 1. The molecule has 6 nitrogen and oxygen atoms in total. The molecular formula is C23H23FN4O2. The van der Waals surface area contributed by atoms with E-state index in [1.807, 2.05) is 24.3 Å². The van der Waals surface area contributed by atoms with E-state index in [-0.39, 0.29) is 18.2 Å². The number of carbonyl (C=O) groups is 2. The number of imidazole rings is 1. The van der Waals surface area contributed by atoms with Crippen molar-refractivity contribution in [2.75, 3.05) is 11.4 Å². The number of hydrogen-bond donors (Lipinski definition) is 1. The van der Waals surface area contributed by atoms with E-state index in [1.54, 1.807) is 47.1 Å². The Morgan fingerprint density at radius 2 is 1.97 bits per heavy atom. The Labute approximate surface area is 174 Å². The number of nitrogens with zero attached hydrogens (tertiary/aromatic N) is 3. The molecule has 30 heavy (non-hydrogen) atoms. The van der Waals surface area contributed by atoms with Crippen molar-refractivity contribution in [1.82, 2.24) is 14.9 Å². The van der Waals surface area contributed by atoms with Crippen molar-refractivity contribution in [1.29, 1.82) is 0 Å². The van der Waals surface area contributed by atoms with Gasteiger partial charge in [0.15, 0.2) is 0 Å². The minimum absolute atomic E-state index is 0.128. The van der Waals surface area contributed by atoms with Crippen LogP contribution in [0.25, 0.3) is 0 Å². The first-order chi connectivity index (χ1) is 14.5. The molecule has 1 aromatic heterocycles. The average molecular weight is 406 g/mol. The van der Waals surface area contributed by atoms with Crippen molar-refractivity contribution < 1.29 is 14.0 Å². The molecule has 1 N–H and O–H groups in total. The van der Waals surface area contributed by atoms with Gasteiger partial charge in [-0.15, -0.1) is 0 Å². The molecule has 2 heterocycles. The third kappa shape index (κ3) is 4.10. The van der Waals surface area contributed by atoms with Gasteiger partial charge in [-0.1, -0.05) is 30.3 Å². The Morgan fingerprint density at radius 1 is 1.20 bits per heavy atom. The highest BCUT2D eigenvalue weighted by atomic mass is 19.1. The molecule has 3 aromatic rings. The molecule has 1 atom stereocenters. The van der Waals surface area contributed by atoms with E-state index in [2.05, 4.69) is 10.3 Å². The van der Waals surface area contributed by atoms with Gasteiger partial charge >= 0.3 is 0 Å². The van der Waals surface area contributed by atoms with Crippen molar-refractivity contribution in [2.24, 2.45) is 7.05 Å². The normalized spacial score (nSPS) is 14.7. The smallest absolute Gasteiger partial charge is 0.227 e. The first-order valence-corrected chi connectivity index (χ1v) is 9.93. The number of aromatic nitrogens is 2. The van der Waals surface area contributed by atoms with Crippen LogP contribution >= 0.6 is 0 Å². The minimum atomic E-state index is -0.694. The predicted molar refractivity (Wildman–Crippen MR) is 111 cm³/mol. The molecule has 4 rings (SSSR count). The summed E-state index contributed by atoms with van der Waals surface area (Å²) >= 11 is 0. The SMILES string of the molecule is Cn1ccnc1C(NC(=O)Cc1ccc(N2CCCC2=O)cc1)c1ccccc1F. The number of hydrogen-bond acceptors (Lipinski definition) is 3. The van der Waals surface area contributed by atoms with Crippen LogP contribution in [0.3, 0.4) is 0 Å². The molecule has 2 aromatic carbocycles. The quantitative estimate of drug-likeness (QED) is 0.684. The summed E-state index contributed by atoms with van der Waals surface area (Å²) in [6, 6.07) is 13.1. The fraction of sp³-hybridized carbons (Fsp3) is 0.261. The second kappa shape index (κ2) is 8.49. The summed E-state index contributed by atoms with van der Waals surface area (Å²) < 4.78 is 16.2. The maximum atomic E-state index is 14.4. The lowest BCUT2D eigenvalue weighted by Gasteiger charge is -2.20. The highest BCUT2D eigenvalue weighted by Gasteiger charge is 2.24. The summed E-state index contributed by atoms with van der Waals surface area (Å²) in [5.41, 5.74) is 2.02. The zero-order valence-electron chi connectivity index (χ0n) is 16.7. The summed E-state index contributed by atoms with van der Waals surface area (Å²) in [7, 11) is 1.81. The Kier molecular flexibility index (Phi) is 5.61. The van der Waals surface area contributed by atoms with Crippen LogP contribution < -0.4 is 10.2 Å². The van der Waals surface area contributed by atoms with Crippen molar-refractivity contribution in [3.63, 3.8) is 0 Å². The lowest BCUT2D eigenvalue weighted by atomic mass is 10.0. The fourth-order valence-corrected chi connectivity index (χ4v) is 3.76. The van der Waals surface area contributed by atoms with Crippen LogP contribution in [0.1, 0.15) is 35.8 Å². The highest BCUT2D eigenvalue weighted by molar-refractivity contribution is 5.95. The number of benzene rings is 2. The van der Waals surface area contributed by atoms with Crippen LogP contribution in [0.4, 0.5) is 10.1 Å². The van der Waals surface area contributed by atoms with Crippen LogP contribution in [-0.2, 0) is 23.1 Å². The van der Waals surface area contributed by atoms with Gasteiger partial charge in [0.05, 0.1) is 6.42 Å². The topological polar surface area (TPSA) is 67.2 Å². The number of halogens is 1. The number of amides is 2. The van der Waals surface area contributed by atoms with Gasteiger partial charge in [-0.3, -0.25) is 9.59 Å². The van der Waals surface area contributed by atoms with E-state index in [1.165, 1.54) is 6.07 Å². The van der Waals surface area contributed by atoms with Gasteiger partial charge in [0.1, 0.15) is 17.7 Å². The van der Waals surface area contributed by atoms with Crippen LogP contribution in [0.5, 0.6) is 0 Å². The van der Waals surface area contributed by atoms with Crippen LogP contribution in [0.2, 0.25) is 0 Å². The molecule has 0 bridgehead atoms. The summed E-state index contributed by atoms with van der Waals surface area (Å²) in [6.07, 6.45) is 4.97. The molecule has 2 amide bonds. The summed E-state index contributed by atoms with van der Waals surface area (Å²) in [5.74, 6) is 0.0429. The first-order valence-electron chi connectivity index (χ1n) is 9.93. The van der Waals surface area contributed by atoms with Crippen LogP contribution in [0.15, 0.2) is 60.9 Å². The van der Waals surface area contributed by atoms with Crippen molar-refractivity contribution >= 4 is 17.5 Å². The lowest BCUT2D eigenvalue weighted by molar-refractivity contribution is -0.121. The van der Waals surface area contributed by atoms with Crippen LogP contribution in [0, 0.1) is 5.82 Å². The molecule has 1 saturated heterocycles. The molecule has 0 saturated carbocycles. The third-order valence-electron chi connectivity index (χ3n) is 5.32. The Bertz CT molecular complexity index is 1060. The Hall–Kier alpha value is -3.48. The highest BCUT2D eigenvalue weighted by Crippen LogP contribution is 2.24. The third-order valence-corrected chi connectivity index (χ3v) is 5.32. The standard InChI is InChI=1S/C23H23FN4O2/c1-27-14-12-25-23(27)22(18-5-2-3-6-19(18)24)26-20(29)15-16-8-10-17(11-9-16)28-13-4-7-21(28)30/h2-3,5-6,8-12,14,22H,4,7,13,15H2,1H3,(H,26,29). The number of carbonyl (C=O) groups excluding carboxylic acids is 2. The average Bonchev–Trinajstić information content (AvgIpc) is 3.35. The molecule has 1 fully saturated rings. The second-order valence-electron chi connectivity index (χ2n) is 7.41. The largest absolute Gasteiger partial charge is 0.342 e. The van der Waals surface area contributed by atoms with Crippen molar-refractivity contribution in [2.45, 2.75) is 25.3 Å². The van der Waals surface area contributed by atoms with Gasteiger partial charge in [-0.25, -0.2) is 9.37 Å². The molecule has 0 spiro atoms. The van der Waals surface area contributed by atoms with Gasteiger partial charge in [-0.05, 0) is 30.2 Å². The molecule has 1 aliphatic heterocycles. The van der Waals surface area contributed by atoms with Gasteiger partial charge < -0.3 is 14.8 Å². The molecule has 1 unspecified atom stereocenters. The van der Waals surface area contributed by atoms with Crippen LogP contribution in [-0.4, -0.2) is 27.9 Å². The minimum Gasteiger partial charge on any atom is -0.342 e. The zero-order chi connectivity index (χ0) is 21.1. The van der Waals surface area contributed by atoms with E-state index in [0.29, 0.717) is 17.8 Å². The van der Waals surface area contributed by atoms with Crippen molar-refractivity contribution in [3.05, 3.63) is 83.7 Å². The number of rotatable bonds is 6. The second-order valence-corrected chi connectivity index (χ2v) is 7.41. The maximum absolute atomic E-state index is 14.4. The zero-order valence-corrected chi connectivity index (χ0v) is 16.7. The molecular weight excluding hydrogens is 383 g/mol. The van der Waals surface area contributed by atoms with Gasteiger partial charge in [-0.2, -0.15) is 0 Å². The van der Waals surface area contributed by atoms with Gasteiger partial charge in [0.2, 0.25) is 11.8 Å². The first kappa shape index (κ1) is 19.8. The van der Waals surface area contributed by atoms with Crippen molar-refractivity contribution in [3.8, 4) is 0 Å². The molecule has 7 heteroatoms. The van der Waals surface area contributed by atoms with Gasteiger partial charge in [0.25, 0.3) is 0 Å². The monoisotopic (exact) mass is 406 g/mol. The van der Waals surface area contributed by atoms with E-state index in [0.717, 1.165) is 24.2 Å². The fourth-order valence-electron chi connectivity index (χ4n) is 3.76. The predicted octanol–water partition coefficient (Wildman–Crippen LogP) is 3.13. The van der Waals surface area contributed by atoms with E-state index >= 15 is 0 Å². The molecule has 154 valence electrons. The lowest BCUT2D eigenvalue weighted by Crippen LogP contribution is -2.32. The molecule has 1 aliphatic rings. The maximum Gasteiger partial charge on any atom is 0.227 e. The van der Waals surface area contributed by atoms with Gasteiger partial charge in [0, 0.05) is 43.7 Å².